The average Bonchev–Trinajstić information content (AvgIpc) is 3.11. The maximum absolute atomic E-state index is 12.2. The number of rotatable bonds is 4. The van der Waals surface area contributed by atoms with Crippen LogP contribution in [0.15, 0.2) is 23.1 Å². The summed E-state index contributed by atoms with van der Waals surface area (Å²) in [6, 6.07) is 4.27. The Labute approximate surface area is 106 Å². The van der Waals surface area contributed by atoms with Gasteiger partial charge in [0, 0.05) is 13.1 Å². The van der Waals surface area contributed by atoms with Gasteiger partial charge in [-0.1, -0.05) is 6.07 Å². The van der Waals surface area contributed by atoms with Crippen molar-refractivity contribution in [3.63, 3.8) is 0 Å². The van der Waals surface area contributed by atoms with Crippen molar-refractivity contribution in [2.75, 3.05) is 7.05 Å². The van der Waals surface area contributed by atoms with Crippen LogP contribution in [0.5, 0.6) is 0 Å². The Morgan fingerprint density at radius 3 is 2.50 bits per heavy atom. The molecule has 5 nitrogen and oxygen atoms in total. The minimum absolute atomic E-state index is 0.0280. The van der Waals surface area contributed by atoms with E-state index >= 15 is 0 Å². The Hall–Kier alpha value is -1.40. The van der Waals surface area contributed by atoms with Crippen molar-refractivity contribution in [3.8, 4) is 0 Å². The van der Waals surface area contributed by atoms with Crippen LogP contribution in [0.1, 0.15) is 28.8 Å². The molecule has 0 heterocycles. The maximum Gasteiger partial charge on any atom is 0.335 e. The van der Waals surface area contributed by atoms with Crippen molar-refractivity contribution in [1.29, 1.82) is 0 Å². The van der Waals surface area contributed by atoms with E-state index in [1.54, 1.807) is 6.92 Å². The molecule has 1 fully saturated rings. The highest BCUT2D eigenvalue weighted by atomic mass is 32.2. The van der Waals surface area contributed by atoms with Crippen molar-refractivity contribution < 1.29 is 18.3 Å². The Bertz CT molecular complexity index is 590. The molecule has 0 aromatic heterocycles. The highest BCUT2D eigenvalue weighted by Crippen LogP contribution is 2.30. The smallest absolute Gasteiger partial charge is 0.335 e. The summed E-state index contributed by atoms with van der Waals surface area (Å²) in [4.78, 5) is 11.1. The zero-order chi connectivity index (χ0) is 13.5. The van der Waals surface area contributed by atoms with Gasteiger partial charge < -0.3 is 5.11 Å². The predicted octanol–water partition coefficient (Wildman–Crippen LogP) is 1.48. The van der Waals surface area contributed by atoms with E-state index in [0.29, 0.717) is 5.56 Å². The monoisotopic (exact) mass is 269 g/mol. The number of aryl methyl sites for hydroxylation is 1. The second-order valence-electron chi connectivity index (χ2n) is 4.53. The van der Waals surface area contributed by atoms with Crippen molar-refractivity contribution in [3.05, 3.63) is 29.3 Å². The molecule has 0 saturated heterocycles. The van der Waals surface area contributed by atoms with Crippen LogP contribution in [0.25, 0.3) is 0 Å². The first-order valence-electron chi connectivity index (χ1n) is 5.66. The van der Waals surface area contributed by atoms with E-state index < -0.39 is 16.0 Å². The lowest BCUT2D eigenvalue weighted by Gasteiger charge is -2.17. The Morgan fingerprint density at radius 1 is 1.39 bits per heavy atom. The van der Waals surface area contributed by atoms with Gasteiger partial charge in [0.25, 0.3) is 0 Å². The number of nitrogens with zero attached hydrogens (tertiary/aromatic N) is 1. The minimum Gasteiger partial charge on any atom is -0.478 e. The quantitative estimate of drug-likeness (QED) is 0.898. The molecule has 1 aromatic carbocycles. The summed E-state index contributed by atoms with van der Waals surface area (Å²) in [6.07, 6.45) is 1.74. The molecular weight excluding hydrogens is 254 g/mol. The standard InChI is InChI=1S/C12H15NO4S/c1-8-3-6-10(7-11(8)12(14)15)18(16,17)13(2)9-4-5-9/h3,6-7,9H,4-5H2,1-2H3,(H,14,15). The molecule has 6 heteroatoms. The fourth-order valence-corrected chi connectivity index (χ4v) is 3.24. The van der Waals surface area contributed by atoms with Gasteiger partial charge in [-0.05, 0) is 37.5 Å². The Balaban J connectivity index is 2.44. The summed E-state index contributed by atoms with van der Waals surface area (Å²) in [5.74, 6) is -1.11. The summed E-state index contributed by atoms with van der Waals surface area (Å²) in [6.45, 7) is 1.64. The Kier molecular flexibility index (Phi) is 3.16. The molecule has 0 amide bonds. The third-order valence-corrected chi connectivity index (χ3v) is 5.08. The number of hydrogen-bond donors (Lipinski definition) is 1. The fraction of sp³-hybridized carbons (Fsp3) is 0.417. The number of benzene rings is 1. The number of carboxylic acids is 1. The summed E-state index contributed by atoms with van der Waals surface area (Å²) < 4.78 is 25.8. The highest BCUT2D eigenvalue weighted by molar-refractivity contribution is 7.89. The van der Waals surface area contributed by atoms with E-state index in [1.165, 1.54) is 29.6 Å². The van der Waals surface area contributed by atoms with Gasteiger partial charge in [0.15, 0.2) is 0 Å². The zero-order valence-electron chi connectivity index (χ0n) is 10.3. The van der Waals surface area contributed by atoms with Crippen LogP contribution in [0.2, 0.25) is 0 Å². The first-order valence-corrected chi connectivity index (χ1v) is 7.10. The molecule has 0 spiro atoms. The van der Waals surface area contributed by atoms with E-state index in [9.17, 15) is 13.2 Å². The highest BCUT2D eigenvalue weighted by Gasteiger charge is 2.35. The molecule has 1 saturated carbocycles. The number of hydrogen-bond acceptors (Lipinski definition) is 3. The molecule has 0 unspecified atom stereocenters. The lowest BCUT2D eigenvalue weighted by Crippen LogP contribution is -2.29. The largest absolute Gasteiger partial charge is 0.478 e. The number of sulfonamides is 1. The van der Waals surface area contributed by atoms with Crippen LogP contribution in [0.4, 0.5) is 0 Å². The topological polar surface area (TPSA) is 74.7 Å². The number of carbonyl (C=O) groups is 1. The molecule has 0 aliphatic heterocycles. The first kappa shape index (κ1) is 13.0. The van der Waals surface area contributed by atoms with Crippen LogP contribution in [-0.2, 0) is 10.0 Å². The van der Waals surface area contributed by atoms with Crippen molar-refractivity contribution >= 4 is 16.0 Å². The first-order chi connectivity index (χ1) is 8.34. The van der Waals surface area contributed by atoms with Gasteiger partial charge >= 0.3 is 5.97 Å². The predicted molar refractivity (Wildman–Crippen MR) is 66.1 cm³/mol. The lowest BCUT2D eigenvalue weighted by molar-refractivity contribution is 0.0696. The van der Waals surface area contributed by atoms with E-state index in [4.69, 9.17) is 5.11 Å². The van der Waals surface area contributed by atoms with Crippen LogP contribution in [0.3, 0.4) is 0 Å². The normalized spacial score (nSPS) is 15.9. The number of carboxylic acid groups (broad SMARTS) is 1. The van der Waals surface area contributed by atoms with Crippen LogP contribution < -0.4 is 0 Å². The molecule has 0 atom stereocenters. The molecule has 0 bridgehead atoms. The zero-order valence-corrected chi connectivity index (χ0v) is 11.1. The van der Waals surface area contributed by atoms with E-state index in [1.807, 2.05) is 0 Å². The Morgan fingerprint density at radius 2 is 2.00 bits per heavy atom. The van der Waals surface area contributed by atoms with Crippen molar-refractivity contribution in [2.24, 2.45) is 0 Å². The van der Waals surface area contributed by atoms with Crippen LogP contribution in [-0.4, -0.2) is 36.9 Å². The van der Waals surface area contributed by atoms with Crippen LogP contribution >= 0.6 is 0 Å². The van der Waals surface area contributed by atoms with Gasteiger partial charge in [-0.2, -0.15) is 4.31 Å². The van der Waals surface area contributed by atoms with E-state index in [0.717, 1.165) is 12.8 Å². The van der Waals surface area contributed by atoms with Gasteiger partial charge in [-0.15, -0.1) is 0 Å². The molecule has 98 valence electrons. The summed E-state index contributed by atoms with van der Waals surface area (Å²) in [5, 5.41) is 9.01. The second kappa shape index (κ2) is 4.37. The third kappa shape index (κ3) is 2.26. The van der Waals surface area contributed by atoms with Gasteiger partial charge in [-0.3, -0.25) is 0 Å². The van der Waals surface area contributed by atoms with E-state index in [2.05, 4.69) is 0 Å². The molecule has 0 radical (unpaired) electrons. The van der Waals surface area contributed by atoms with Gasteiger partial charge in [0.2, 0.25) is 10.0 Å². The molecule has 1 aromatic rings. The van der Waals surface area contributed by atoms with Gasteiger partial charge in [0.05, 0.1) is 10.5 Å². The molecule has 2 rings (SSSR count). The minimum atomic E-state index is -3.58. The van der Waals surface area contributed by atoms with Crippen molar-refractivity contribution in [2.45, 2.75) is 30.7 Å². The molecular formula is C12H15NO4S. The molecule has 1 aliphatic rings. The molecule has 18 heavy (non-hydrogen) atoms. The molecule has 1 aliphatic carbocycles. The van der Waals surface area contributed by atoms with Crippen LogP contribution in [0, 0.1) is 6.92 Å². The SMILES string of the molecule is Cc1ccc(S(=O)(=O)N(C)C2CC2)cc1C(=O)O. The van der Waals surface area contributed by atoms with Gasteiger partial charge in [0.1, 0.15) is 0 Å². The van der Waals surface area contributed by atoms with Crippen molar-refractivity contribution in [1.82, 2.24) is 4.31 Å². The maximum atomic E-state index is 12.2. The van der Waals surface area contributed by atoms with E-state index in [-0.39, 0.29) is 16.5 Å². The third-order valence-electron chi connectivity index (χ3n) is 3.18. The summed E-state index contributed by atoms with van der Waals surface area (Å²) >= 11 is 0. The fourth-order valence-electron chi connectivity index (χ4n) is 1.79. The summed E-state index contributed by atoms with van der Waals surface area (Å²) in [7, 11) is -2.04. The lowest BCUT2D eigenvalue weighted by atomic mass is 10.1. The summed E-state index contributed by atoms with van der Waals surface area (Å²) in [5.41, 5.74) is 0.579. The second-order valence-corrected chi connectivity index (χ2v) is 6.53. The average molecular weight is 269 g/mol. The van der Waals surface area contributed by atoms with Gasteiger partial charge in [-0.25, -0.2) is 13.2 Å². The number of aromatic carboxylic acids is 1. The molecule has 1 N–H and O–H groups in total.